The Bertz CT molecular complexity index is 675. The van der Waals surface area contributed by atoms with Crippen LogP contribution < -0.4 is 5.32 Å². The molecule has 0 aliphatic rings. The van der Waals surface area contributed by atoms with Gasteiger partial charge in [0, 0.05) is 22.1 Å². The average Bonchev–Trinajstić information content (AvgIpc) is 2.86. The zero-order chi connectivity index (χ0) is 12.4. The lowest BCUT2D eigenvalue weighted by molar-refractivity contribution is 1.12. The fourth-order valence-electron chi connectivity index (χ4n) is 1.95. The Morgan fingerprint density at radius 1 is 1.11 bits per heavy atom. The SMILES string of the molecule is Brc1ccccc1CNc1cccc2[nH]ncc12. The van der Waals surface area contributed by atoms with Gasteiger partial charge in [-0.25, -0.2) is 0 Å². The first-order valence-electron chi connectivity index (χ1n) is 5.74. The Kier molecular flexibility index (Phi) is 3.02. The molecule has 0 aliphatic carbocycles. The number of benzene rings is 2. The van der Waals surface area contributed by atoms with E-state index in [1.807, 2.05) is 30.5 Å². The van der Waals surface area contributed by atoms with Crippen molar-refractivity contribution in [2.75, 3.05) is 5.32 Å². The highest BCUT2D eigenvalue weighted by atomic mass is 79.9. The van der Waals surface area contributed by atoms with Gasteiger partial charge in [-0.15, -0.1) is 0 Å². The van der Waals surface area contributed by atoms with Gasteiger partial charge in [-0.1, -0.05) is 40.2 Å². The number of hydrogen-bond acceptors (Lipinski definition) is 2. The lowest BCUT2D eigenvalue weighted by atomic mass is 10.2. The van der Waals surface area contributed by atoms with Crippen LogP contribution in [0.2, 0.25) is 0 Å². The highest BCUT2D eigenvalue weighted by molar-refractivity contribution is 9.10. The Morgan fingerprint density at radius 2 is 2.00 bits per heavy atom. The minimum Gasteiger partial charge on any atom is -0.380 e. The molecule has 0 radical (unpaired) electrons. The second kappa shape index (κ2) is 4.82. The summed E-state index contributed by atoms with van der Waals surface area (Å²) >= 11 is 3.55. The molecule has 0 saturated heterocycles. The second-order valence-electron chi connectivity index (χ2n) is 4.08. The molecular weight excluding hydrogens is 290 g/mol. The molecule has 3 aromatic rings. The summed E-state index contributed by atoms with van der Waals surface area (Å²) < 4.78 is 1.12. The van der Waals surface area contributed by atoms with Crippen LogP contribution in [0.5, 0.6) is 0 Å². The minimum atomic E-state index is 0.783. The van der Waals surface area contributed by atoms with Crippen LogP contribution in [0, 0.1) is 0 Å². The third-order valence-corrected chi connectivity index (χ3v) is 3.69. The minimum absolute atomic E-state index is 0.783. The summed E-state index contributed by atoms with van der Waals surface area (Å²) in [4.78, 5) is 0. The zero-order valence-electron chi connectivity index (χ0n) is 9.65. The van der Waals surface area contributed by atoms with Crippen molar-refractivity contribution < 1.29 is 0 Å². The molecule has 0 aliphatic heterocycles. The van der Waals surface area contributed by atoms with Gasteiger partial charge in [-0.05, 0) is 23.8 Å². The van der Waals surface area contributed by atoms with E-state index >= 15 is 0 Å². The average molecular weight is 302 g/mol. The topological polar surface area (TPSA) is 40.7 Å². The van der Waals surface area contributed by atoms with E-state index in [1.165, 1.54) is 5.56 Å². The molecule has 0 saturated carbocycles. The summed E-state index contributed by atoms with van der Waals surface area (Å²) in [5.41, 5.74) is 3.38. The molecule has 0 fully saturated rings. The van der Waals surface area contributed by atoms with Crippen LogP contribution in [-0.2, 0) is 6.54 Å². The van der Waals surface area contributed by atoms with Gasteiger partial charge >= 0.3 is 0 Å². The van der Waals surface area contributed by atoms with Gasteiger partial charge in [0.2, 0.25) is 0 Å². The Balaban J connectivity index is 1.85. The molecule has 3 nitrogen and oxygen atoms in total. The highest BCUT2D eigenvalue weighted by Crippen LogP contribution is 2.23. The number of halogens is 1. The van der Waals surface area contributed by atoms with Gasteiger partial charge in [-0.3, -0.25) is 5.10 Å². The van der Waals surface area contributed by atoms with E-state index in [9.17, 15) is 0 Å². The van der Waals surface area contributed by atoms with E-state index in [1.54, 1.807) is 0 Å². The number of rotatable bonds is 3. The van der Waals surface area contributed by atoms with Gasteiger partial charge < -0.3 is 5.32 Å². The third-order valence-electron chi connectivity index (χ3n) is 2.91. The van der Waals surface area contributed by atoms with Crippen molar-refractivity contribution in [3.8, 4) is 0 Å². The number of fused-ring (bicyclic) bond motifs is 1. The summed E-state index contributed by atoms with van der Waals surface area (Å²) in [6.07, 6.45) is 1.84. The Morgan fingerprint density at radius 3 is 2.89 bits per heavy atom. The van der Waals surface area contributed by atoms with Crippen LogP contribution in [0.25, 0.3) is 10.9 Å². The van der Waals surface area contributed by atoms with Crippen molar-refractivity contribution in [1.82, 2.24) is 10.2 Å². The van der Waals surface area contributed by atoms with Gasteiger partial charge in [0.15, 0.2) is 0 Å². The van der Waals surface area contributed by atoms with Gasteiger partial charge in [0.05, 0.1) is 11.7 Å². The standard InChI is InChI=1S/C14H12BrN3/c15-12-5-2-1-4-10(12)8-16-13-6-3-7-14-11(13)9-17-18-14/h1-7,9,16H,8H2,(H,17,18). The maximum atomic E-state index is 4.06. The zero-order valence-corrected chi connectivity index (χ0v) is 11.2. The van der Waals surface area contributed by atoms with Crippen LogP contribution in [0.1, 0.15) is 5.56 Å². The smallest absolute Gasteiger partial charge is 0.0671 e. The molecule has 18 heavy (non-hydrogen) atoms. The summed E-state index contributed by atoms with van der Waals surface area (Å²) in [7, 11) is 0. The van der Waals surface area contributed by atoms with Crippen LogP contribution in [0.3, 0.4) is 0 Å². The molecule has 0 amide bonds. The predicted octanol–water partition coefficient (Wildman–Crippen LogP) is 3.94. The molecule has 0 spiro atoms. The van der Waals surface area contributed by atoms with Crippen molar-refractivity contribution in [1.29, 1.82) is 0 Å². The van der Waals surface area contributed by atoms with E-state index in [4.69, 9.17) is 0 Å². The molecular formula is C14H12BrN3. The maximum Gasteiger partial charge on any atom is 0.0671 e. The molecule has 4 heteroatoms. The maximum absolute atomic E-state index is 4.06. The molecule has 1 heterocycles. The van der Waals surface area contributed by atoms with E-state index in [2.05, 4.69) is 49.6 Å². The number of nitrogens with zero attached hydrogens (tertiary/aromatic N) is 1. The fraction of sp³-hybridized carbons (Fsp3) is 0.0714. The largest absolute Gasteiger partial charge is 0.380 e. The number of hydrogen-bond donors (Lipinski definition) is 2. The van der Waals surface area contributed by atoms with Gasteiger partial charge in [0.25, 0.3) is 0 Å². The Hall–Kier alpha value is -1.81. The van der Waals surface area contributed by atoms with E-state index in [-0.39, 0.29) is 0 Å². The van der Waals surface area contributed by atoms with Crippen LogP contribution in [-0.4, -0.2) is 10.2 Å². The normalized spacial score (nSPS) is 10.7. The lowest BCUT2D eigenvalue weighted by Crippen LogP contribution is -2.00. The summed E-state index contributed by atoms with van der Waals surface area (Å²) in [6, 6.07) is 14.3. The first-order chi connectivity index (χ1) is 8.84. The molecule has 2 aromatic carbocycles. The van der Waals surface area contributed by atoms with Crippen molar-refractivity contribution in [3.05, 3.63) is 58.7 Å². The fourth-order valence-corrected chi connectivity index (χ4v) is 2.38. The van der Waals surface area contributed by atoms with Crippen molar-refractivity contribution in [3.63, 3.8) is 0 Å². The number of H-pyrrole nitrogens is 1. The van der Waals surface area contributed by atoms with Crippen LogP contribution >= 0.6 is 15.9 Å². The van der Waals surface area contributed by atoms with Crippen molar-refractivity contribution in [2.24, 2.45) is 0 Å². The quantitative estimate of drug-likeness (QED) is 0.769. The summed E-state index contributed by atoms with van der Waals surface area (Å²) in [6.45, 7) is 0.783. The lowest BCUT2D eigenvalue weighted by Gasteiger charge is -2.08. The van der Waals surface area contributed by atoms with E-state index in [0.717, 1.165) is 27.6 Å². The molecule has 2 N–H and O–H groups in total. The molecule has 0 bridgehead atoms. The number of aromatic amines is 1. The van der Waals surface area contributed by atoms with Gasteiger partial charge in [-0.2, -0.15) is 5.10 Å². The molecule has 1 aromatic heterocycles. The van der Waals surface area contributed by atoms with Gasteiger partial charge in [0.1, 0.15) is 0 Å². The van der Waals surface area contributed by atoms with E-state index in [0.29, 0.717) is 0 Å². The number of aromatic nitrogens is 2. The third kappa shape index (κ3) is 2.11. The molecule has 3 rings (SSSR count). The number of nitrogens with one attached hydrogen (secondary N) is 2. The molecule has 0 atom stereocenters. The summed E-state index contributed by atoms with van der Waals surface area (Å²) in [5.74, 6) is 0. The first kappa shape index (κ1) is 11.3. The van der Waals surface area contributed by atoms with Crippen molar-refractivity contribution >= 4 is 32.5 Å². The summed E-state index contributed by atoms with van der Waals surface area (Å²) in [5, 5.41) is 11.6. The van der Waals surface area contributed by atoms with Crippen molar-refractivity contribution in [2.45, 2.75) is 6.54 Å². The van der Waals surface area contributed by atoms with Crippen LogP contribution in [0.15, 0.2) is 53.1 Å². The highest BCUT2D eigenvalue weighted by Gasteiger charge is 2.03. The predicted molar refractivity (Wildman–Crippen MR) is 77.6 cm³/mol. The second-order valence-corrected chi connectivity index (χ2v) is 4.94. The van der Waals surface area contributed by atoms with Crippen LogP contribution in [0.4, 0.5) is 5.69 Å². The molecule has 0 unspecified atom stereocenters. The monoisotopic (exact) mass is 301 g/mol. The number of anilines is 1. The molecule has 90 valence electrons. The van der Waals surface area contributed by atoms with E-state index < -0.39 is 0 Å². The Labute approximate surface area is 113 Å². The first-order valence-corrected chi connectivity index (χ1v) is 6.53.